The predicted molar refractivity (Wildman–Crippen MR) is 163 cm³/mol. The second-order valence-corrected chi connectivity index (χ2v) is 14.3. The van der Waals surface area contributed by atoms with E-state index in [1.165, 1.54) is 33.7 Å². The third-order valence-electron chi connectivity index (χ3n) is 5.80. The molecule has 1 atom stereocenters. The molecule has 2 aromatic carbocycles. The van der Waals surface area contributed by atoms with Crippen LogP contribution in [0.2, 0.25) is 0 Å². The first-order valence-electron chi connectivity index (χ1n) is 12.8. The maximum absolute atomic E-state index is 14.2. The van der Waals surface area contributed by atoms with Crippen LogP contribution >= 0.6 is 29.4 Å². The molecule has 7 nitrogen and oxygen atoms in total. The van der Waals surface area contributed by atoms with Gasteiger partial charge in [0.2, 0.25) is 0 Å². The number of allylic oxidation sites excluding steroid dienone is 2. The van der Waals surface area contributed by atoms with Gasteiger partial charge in [0.1, 0.15) is 12.4 Å². The van der Waals surface area contributed by atoms with E-state index in [4.69, 9.17) is 18.3 Å². The van der Waals surface area contributed by atoms with Gasteiger partial charge in [0.15, 0.2) is 0 Å². The molecule has 0 saturated carbocycles. The number of hydrogen-bond donors (Lipinski definition) is 0. The van der Waals surface area contributed by atoms with E-state index in [1.807, 2.05) is 37.3 Å². The van der Waals surface area contributed by atoms with E-state index in [2.05, 4.69) is 0 Å². The molecule has 0 aliphatic heterocycles. The maximum Gasteiger partial charge on any atom is 0.474 e. The first kappa shape index (κ1) is 32.8. The molecule has 0 spiro atoms. The van der Waals surface area contributed by atoms with Crippen LogP contribution in [-0.2, 0) is 38.5 Å². The van der Waals surface area contributed by atoms with Gasteiger partial charge in [-0.1, -0.05) is 39.8 Å². The van der Waals surface area contributed by atoms with E-state index in [1.54, 1.807) is 26.2 Å². The van der Waals surface area contributed by atoms with Crippen molar-refractivity contribution in [3.63, 3.8) is 0 Å². The van der Waals surface area contributed by atoms with Crippen LogP contribution in [0, 0.1) is 5.82 Å². The summed E-state index contributed by atoms with van der Waals surface area (Å²) in [6, 6.07) is 12.0. The first-order chi connectivity index (χ1) is 19.2. The highest BCUT2D eigenvalue weighted by Crippen LogP contribution is 2.49. The summed E-state index contributed by atoms with van der Waals surface area (Å²) in [7, 11) is -1.55. The number of rotatable bonds is 16. The molecule has 1 unspecified atom stereocenters. The zero-order valence-corrected chi connectivity index (χ0v) is 26.3. The molecule has 0 heterocycles. The minimum Gasteiger partial charge on any atom is -0.465 e. The Morgan fingerprint density at radius 2 is 1.62 bits per heavy atom. The van der Waals surface area contributed by atoms with Crippen LogP contribution in [0.25, 0.3) is 17.2 Å². The van der Waals surface area contributed by atoms with Crippen molar-refractivity contribution in [2.45, 2.75) is 32.1 Å². The Hall–Kier alpha value is -1.72. The highest BCUT2D eigenvalue weighted by molar-refractivity contribution is 8.76. The normalized spacial score (nSPS) is 15.0. The van der Waals surface area contributed by atoms with Crippen LogP contribution in [-0.4, -0.2) is 54.4 Å². The van der Waals surface area contributed by atoms with Crippen molar-refractivity contribution in [1.29, 1.82) is 0 Å². The zero-order chi connectivity index (χ0) is 29.1. The van der Waals surface area contributed by atoms with E-state index in [0.29, 0.717) is 17.1 Å². The summed E-state index contributed by atoms with van der Waals surface area (Å²) in [5, 5.41) is 0. The van der Waals surface area contributed by atoms with Crippen molar-refractivity contribution in [2.24, 2.45) is 0 Å². The molecule has 0 saturated heterocycles. The molecule has 3 rings (SSSR count). The molecule has 1 aliphatic carbocycles. The number of esters is 1. The fourth-order valence-electron chi connectivity index (χ4n) is 4.02. The summed E-state index contributed by atoms with van der Waals surface area (Å²) < 4.78 is 59.0. The predicted octanol–water partition coefficient (Wildman–Crippen LogP) is 7.40. The lowest BCUT2D eigenvalue weighted by Crippen LogP contribution is -2.08. The van der Waals surface area contributed by atoms with Gasteiger partial charge >= 0.3 is 13.8 Å². The maximum atomic E-state index is 14.2. The highest BCUT2D eigenvalue weighted by Gasteiger charge is 2.27. The number of carbonyl (C=O) groups excluding carboxylic acids is 1. The van der Waals surface area contributed by atoms with Crippen molar-refractivity contribution >= 4 is 63.4 Å². The fraction of sp³-hybridized carbons (Fsp3) is 0.393. The standard InChI is InChI=1S/C28H34FO7PS3/c1-5-34-37(31,35-6-2)36-14-16-39-38-15-13-33-28(30)19-26-20(3)25(24-12-9-22(29)18-27(24)26)17-21-7-10-23(11-8-21)40(4)32/h7-12,17-18H,5-6,13-16,19H2,1-4H3. The van der Waals surface area contributed by atoms with Crippen molar-refractivity contribution in [2.75, 3.05) is 44.2 Å². The summed E-state index contributed by atoms with van der Waals surface area (Å²) in [6.07, 6.45) is 3.66. The molecule has 0 aromatic heterocycles. The van der Waals surface area contributed by atoms with Crippen molar-refractivity contribution in [3.05, 3.63) is 70.5 Å². The third kappa shape index (κ3) is 9.41. The molecule has 218 valence electrons. The van der Waals surface area contributed by atoms with Crippen molar-refractivity contribution < 1.29 is 36.3 Å². The van der Waals surface area contributed by atoms with Gasteiger partial charge in [-0.15, -0.1) is 0 Å². The number of hydrogen-bond acceptors (Lipinski definition) is 9. The minimum atomic E-state index is -3.51. The molecule has 1 aliphatic rings. The van der Waals surface area contributed by atoms with Gasteiger partial charge in [-0.3, -0.25) is 22.6 Å². The van der Waals surface area contributed by atoms with Crippen molar-refractivity contribution in [3.8, 4) is 0 Å². The summed E-state index contributed by atoms with van der Waals surface area (Å²) in [6.45, 7) is 6.26. The van der Waals surface area contributed by atoms with E-state index in [9.17, 15) is 18.0 Å². The highest BCUT2D eigenvalue weighted by atomic mass is 33.1. The smallest absolute Gasteiger partial charge is 0.465 e. The lowest BCUT2D eigenvalue weighted by molar-refractivity contribution is -0.141. The van der Waals surface area contributed by atoms with Gasteiger partial charge in [0.25, 0.3) is 0 Å². The van der Waals surface area contributed by atoms with Crippen molar-refractivity contribution in [1.82, 2.24) is 0 Å². The molecule has 0 radical (unpaired) electrons. The number of halogens is 1. The SMILES string of the molecule is CCOP(=O)(OCC)OCCSSCCOC(=O)CC1=C(C)C(=Cc2ccc(S(C)=O)cc2)c2ccc(F)cc21. The second-order valence-electron chi connectivity index (χ2n) is 8.53. The second kappa shape index (κ2) is 16.1. The van der Waals surface area contributed by atoms with Crippen LogP contribution < -0.4 is 0 Å². The fourth-order valence-corrected chi connectivity index (χ4v) is 7.49. The topological polar surface area (TPSA) is 88.1 Å². The molecular weight excluding hydrogens is 594 g/mol. The first-order valence-corrected chi connectivity index (χ1v) is 18.3. The van der Waals surface area contributed by atoms with E-state index >= 15 is 0 Å². The Morgan fingerprint density at radius 1 is 0.975 bits per heavy atom. The average Bonchev–Trinajstić information content (AvgIpc) is 3.15. The molecule has 0 N–H and O–H groups in total. The quantitative estimate of drug-likeness (QED) is 0.0816. The lowest BCUT2D eigenvalue weighted by atomic mass is 10.0. The Kier molecular flexibility index (Phi) is 13.2. The monoisotopic (exact) mass is 628 g/mol. The molecule has 0 amide bonds. The summed E-state index contributed by atoms with van der Waals surface area (Å²) in [5.41, 5.74) is 5.01. The van der Waals surface area contributed by atoms with Crippen LogP contribution in [0.3, 0.4) is 0 Å². The number of ether oxygens (including phenoxy) is 1. The minimum absolute atomic E-state index is 0.0309. The molecule has 0 bridgehead atoms. The summed E-state index contributed by atoms with van der Waals surface area (Å²) in [4.78, 5) is 13.4. The number of fused-ring (bicyclic) bond motifs is 1. The van der Waals surface area contributed by atoms with Gasteiger partial charge in [-0.25, -0.2) is 8.96 Å². The third-order valence-corrected chi connectivity index (χ3v) is 10.7. The Morgan fingerprint density at radius 3 is 2.25 bits per heavy atom. The van der Waals surface area contributed by atoms with Crippen LogP contribution in [0.15, 0.2) is 52.9 Å². The summed E-state index contributed by atoms with van der Waals surface area (Å²) >= 11 is 0. The van der Waals surface area contributed by atoms with Crippen LogP contribution in [0.1, 0.15) is 43.9 Å². The van der Waals surface area contributed by atoms with Gasteiger partial charge in [0.05, 0.1) is 26.2 Å². The number of carbonyl (C=O) groups is 1. The molecule has 12 heteroatoms. The Bertz CT molecular complexity index is 1300. The number of phosphoric acid groups is 1. The van der Waals surface area contributed by atoms with Gasteiger partial charge in [-0.05, 0) is 84.5 Å². The van der Waals surface area contributed by atoms with E-state index in [0.717, 1.165) is 32.7 Å². The Labute approximate surface area is 245 Å². The molecule has 0 fully saturated rings. The van der Waals surface area contributed by atoms with E-state index in [-0.39, 0.29) is 44.6 Å². The van der Waals surface area contributed by atoms with Gasteiger partial charge in [-0.2, -0.15) is 0 Å². The molecule has 2 aromatic rings. The molecule has 40 heavy (non-hydrogen) atoms. The lowest BCUT2D eigenvalue weighted by Gasteiger charge is -2.15. The van der Waals surface area contributed by atoms with Gasteiger partial charge < -0.3 is 4.74 Å². The number of phosphoric ester groups is 1. The van der Waals surface area contributed by atoms with Crippen LogP contribution in [0.5, 0.6) is 0 Å². The largest absolute Gasteiger partial charge is 0.474 e. The number of benzene rings is 2. The Balaban J connectivity index is 1.53. The average molecular weight is 629 g/mol. The molecular formula is C28H34FO7PS3. The van der Waals surface area contributed by atoms with E-state index < -0.39 is 18.6 Å². The van der Waals surface area contributed by atoms with Crippen LogP contribution in [0.4, 0.5) is 4.39 Å². The summed E-state index contributed by atoms with van der Waals surface area (Å²) in [5.74, 6) is 0.372. The van der Waals surface area contributed by atoms with Gasteiger partial charge in [0, 0.05) is 33.5 Å². The zero-order valence-electron chi connectivity index (χ0n) is 23.0.